The Balaban J connectivity index is 2.87. The van der Waals surface area contributed by atoms with Crippen LogP contribution in [0.25, 0.3) is 0 Å². The molecule has 0 saturated heterocycles. The van der Waals surface area contributed by atoms with Gasteiger partial charge in [-0.3, -0.25) is 9.59 Å². The number of carbonyl (C=O) groups excluding carboxylic acids is 3. The zero-order valence-corrected chi connectivity index (χ0v) is 11.5. The van der Waals surface area contributed by atoms with Crippen molar-refractivity contribution < 1.29 is 23.9 Å². The minimum absolute atomic E-state index is 0.0436. The van der Waals surface area contributed by atoms with Gasteiger partial charge in [0, 0.05) is 6.20 Å². The van der Waals surface area contributed by atoms with Gasteiger partial charge < -0.3 is 14.8 Å². The molecule has 0 aliphatic heterocycles. The van der Waals surface area contributed by atoms with E-state index in [4.69, 9.17) is 4.74 Å². The van der Waals surface area contributed by atoms with Crippen LogP contribution in [-0.2, 0) is 14.3 Å². The lowest BCUT2D eigenvalue weighted by molar-refractivity contribution is -0.139. The molecule has 0 radical (unpaired) electrons. The van der Waals surface area contributed by atoms with E-state index in [9.17, 15) is 14.4 Å². The molecule has 1 amide bonds. The number of nitrogens with one attached hydrogen (secondary N) is 1. The van der Waals surface area contributed by atoms with Gasteiger partial charge in [-0.25, -0.2) is 9.78 Å². The lowest BCUT2D eigenvalue weighted by Gasteiger charge is -2.10. The van der Waals surface area contributed by atoms with Crippen LogP contribution in [0.1, 0.15) is 34.7 Å². The first-order chi connectivity index (χ1) is 9.45. The van der Waals surface area contributed by atoms with Crippen molar-refractivity contribution in [1.82, 2.24) is 10.3 Å². The third kappa shape index (κ3) is 4.34. The summed E-state index contributed by atoms with van der Waals surface area (Å²) in [6, 6.07) is 2.94. The number of rotatable bonds is 5. The van der Waals surface area contributed by atoms with Gasteiger partial charge in [0.05, 0.1) is 18.8 Å². The van der Waals surface area contributed by atoms with Gasteiger partial charge in [0.1, 0.15) is 6.54 Å². The number of esters is 2. The Hall–Kier alpha value is -2.44. The highest BCUT2D eigenvalue weighted by Crippen LogP contribution is 2.08. The molecule has 0 saturated carbocycles. The first kappa shape index (κ1) is 15.6. The molecule has 1 N–H and O–H groups in total. The number of methoxy groups -OCH3 is 1. The van der Waals surface area contributed by atoms with Crippen LogP contribution in [0, 0.1) is 0 Å². The summed E-state index contributed by atoms with van der Waals surface area (Å²) in [6.07, 6.45) is 1.06. The number of aromatic nitrogens is 1. The summed E-state index contributed by atoms with van der Waals surface area (Å²) < 4.78 is 9.41. The summed E-state index contributed by atoms with van der Waals surface area (Å²) in [5.74, 6) is -1.88. The van der Waals surface area contributed by atoms with Crippen LogP contribution < -0.4 is 5.32 Å². The van der Waals surface area contributed by atoms with E-state index < -0.39 is 17.8 Å². The molecular formula is C13H16N2O5. The maximum Gasteiger partial charge on any atom is 0.358 e. The summed E-state index contributed by atoms with van der Waals surface area (Å²) in [4.78, 5) is 38.5. The molecule has 1 heterocycles. The van der Waals surface area contributed by atoms with Crippen LogP contribution in [0.15, 0.2) is 18.3 Å². The van der Waals surface area contributed by atoms with Crippen LogP contribution in [0.3, 0.4) is 0 Å². The van der Waals surface area contributed by atoms with Gasteiger partial charge >= 0.3 is 11.9 Å². The third-order valence-corrected chi connectivity index (χ3v) is 2.21. The molecule has 7 nitrogen and oxygen atoms in total. The predicted molar refractivity (Wildman–Crippen MR) is 69.1 cm³/mol. The molecule has 0 aromatic carbocycles. The molecule has 1 rings (SSSR count). The van der Waals surface area contributed by atoms with Crippen molar-refractivity contribution in [2.45, 2.75) is 20.0 Å². The molecule has 20 heavy (non-hydrogen) atoms. The van der Waals surface area contributed by atoms with Crippen molar-refractivity contribution >= 4 is 17.8 Å². The van der Waals surface area contributed by atoms with Gasteiger partial charge in [-0.1, -0.05) is 0 Å². The highest BCUT2D eigenvalue weighted by molar-refractivity contribution is 6.04. The van der Waals surface area contributed by atoms with E-state index in [1.54, 1.807) is 13.8 Å². The van der Waals surface area contributed by atoms with Crippen molar-refractivity contribution in [3.63, 3.8) is 0 Å². The van der Waals surface area contributed by atoms with E-state index in [-0.39, 0.29) is 23.9 Å². The quantitative estimate of drug-likeness (QED) is 0.791. The molecule has 1 aromatic heterocycles. The normalized spacial score (nSPS) is 10.0. The Kier molecular flexibility index (Phi) is 5.64. The Morgan fingerprint density at radius 3 is 2.65 bits per heavy atom. The van der Waals surface area contributed by atoms with Crippen molar-refractivity contribution in [3.05, 3.63) is 29.6 Å². The second kappa shape index (κ2) is 7.22. The summed E-state index contributed by atoms with van der Waals surface area (Å²) in [5, 5.41) is 2.34. The number of nitrogens with zero attached hydrogens (tertiary/aromatic N) is 1. The maximum absolute atomic E-state index is 11.9. The molecule has 0 fully saturated rings. The molecule has 108 valence electrons. The molecule has 0 aliphatic carbocycles. The van der Waals surface area contributed by atoms with Gasteiger partial charge in [0.2, 0.25) is 0 Å². The number of ether oxygens (including phenoxy) is 2. The molecule has 0 atom stereocenters. The minimum atomic E-state index is -0.691. The van der Waals surface area contributed by atoms with Crippen LogP contribution in [-0.4, -0.2) is 42.6 Å². The smallest absolute Gasteiger partial charge is 0.358 e. The SMILES string of the molecule is COC(=O)CNC(=O)c1cccnc1C(=O)OC(C)C. The van der Waals surface area contributed by atoms with E-state index in [0.29, 0.717) is 0 Å². The van der Waals surface area contributed by atoms with Gasteiger partial charge in [0.15, 0.2) is 5.69 Å². The van der Waals surface area contributed by atoms with E-state index in [2.05, 4.69) is 15.0 Å². The average Bonchev–Trinajstić information content (AvgIpc) is 2.43. The molecular weight excluding hydrogens is 264 g/mol. The first-order valence-electron chi connectivity index (χ1n) is 5.96. The second-order valence-corrected chi connectivity index (χ2v) is 4.11. The molecule has 1 aromatic rings. The number of pyridine rings is 1. The average molecular weight is 280 g/mol. The van der Waals surface area contributed by atoms with E-state index >= 15 is 0 Å². The monoisotopic (exact) mass is 280 g/mol. The van der Waals surface area contributed by atoms with Gasteiger partial charge in [-0.05, 0) is 26.0 Å². The van der Waals surface area contributed by atoms with E-state index in [1.807, 2.05) is 0 Å². The lowest BCUT2D eigenvalue weighted by atomic mass is 10.2. The molecule has 0 unspecified atom stereocenters. The number of hydrogen-bond acceptors (Lipinski definition) is 6. The summed E-state index contributed by atoms with van der Waals surface area (Å²) >= 11 is 0. The fraction of sp³-hybridized carbons (Fsp3) is 0.385. The second-order valence-electron chi connectivity index (χ2n) is 4.11. The Bertz CT molecular complexity index is 513. The van der Waals surface area contributed by atoms with Crippen LogP contribution in [0.2, 0.25) is 0 Å². The number of amides is 1. The maximum atomic E-state index is 11.9. The molecule has 0 aliphatic rings. The summed E-state index contributed by atoms with van der Waals surface area (Å²) in [5.41, 5.74) is -0.0504. The third-order valence-electron chi connectivity index (χ3n) is 2.21. The zero-order valence-electron chi connectivity index (χ0n) is 11.5. The largest absolute Gasteiger partial charge is 0.468 e. The molecule has 0 spiro atoms. The summed E-state index contributed by atoms with van der Waals surface area (Å²) in [7, 11) is 1.21. The summed E-state index contributed by atoms with van der Waals surface area (Å²) in [6.45, 7) is 3.10. The standard InChI is InChI=1S/C13H16N2O5/c1-8(2)20-13(18)11-9(5-4-6-14-11)12(17)15-7-10(16)19-3/h4-6,8H,7H2,1-3H3,(H,15,17). The lowest BCUT2D eigenvalue weighted by Crippen LogP contribution is -2.31. The number of carbonyl (C=O) groups is 3. The number of hydrogen-bond donors (Lipinski definition) is 1. The van der Waals surface area contributed by atoms with Crippen molar-refractivity contribution in [3.8, 4) is 0 Å². The van der Waals surface area contributed by atoms with Crippen molar-refractivity contribution in [1.29, 1.82) is 0 Å². The predicted octanol–water partition coefficient (Wildman–Crippen LogP) is 0.550. The van der Waals surface area contributed by atoms with Crippen LogP contribution in [0.4, 0.5) is 0 Å². The van der Waals surface area contributed by atoms with Crippen LogP contribution >= 0.6 is 0 Å². The van der Waals surface area contributed by atoms with Gasteiger partial charge in [0.25, 0.3) is 5.91 Å². The highest BCUT2D eigenvalue weighted by atomic mass is 16.5. The van der Waals surface area contributed by atoms with Crippen molar-refractivity contribution in [2.75, 3.05) is 13.7 Å². The Labute approximate surface area is 116 Å². The van der Waals surface area contributed by atoms with E-state index in [0.717, 1.165) is 0 Å². The highest BCUT2D eigenvalue weighted by Gasteiger charge is 2.20. The zero-order chi connectivity index (χ0) is 15.1. The van der Waals surface area contributed by atoms with Crippen LogP contribution in [0.5, 0.6) is 0 Å². The van der Waals surface area contributed by atoms with E-state index in [1.165, 1.54) is 25.4 Å². The molecule has 7 heteroatoms. The Morgan fingerprint density at radius 1 is 1.35 bits per heavy atom. The van der Waals surface area contributed by atoms with Gasteiger partial charge in [-0.2, -0.15) is 0 Å². The Morgan fingerprint density at radius 2 is 2.05 bits per heavy atom. The van der Waals surface area contributed by atoms with Gasteiger partial charge in [-0.15, -0.1) is 0 Å². The molecule has 0 bridgehead atoms. The topological polar surface area (TPSA) is 94.6 Å². The first-order valence-corrected chi connectivity index (χ1v) is 5.96. The fourth-order valence-corrected chi connectivity index (χ4v) is 1.34. The fourth-order valence-electron chi connectivity index (χ4n) is 1.34. The van der Waals surface area contributed by atoms with Crippen molar-refractivity contribution in [2.24, 2.45) is 0 Å². The minimum Gasteiger partial charge on any atom is -0.468 e.